The smallest absolute Gasteiger partial charge is 0.291 e. The Bertz CT molecular complexity index is 1050. The number of anilines is 1. The molecule has 0 spiro atoms. The van der Waals surface area contributed by atoms with Crippen molar-refractivity contribution in [3.8, 4) is 0 Å². The van der Waals surface area contributed by atoms with Gasteiger partial charge in [0.2, 0.25) is 0 Å². The maximum Gasteiger partial charge on any atom is 0.291 e. The molecule has 134 valence electrons. The first-order chi connectivity index (χ1) is 12.3. The number of halogens is 2. The van der Waals surface area contributed by atoms with Crippen LogP contribution < -0.4 is 5.32 Å². The number of carbonyl (C=O) groups is 1. The SMILES string of the molecule is O=C(Nc1ccc(F)cc1Cl)c1ccc(CS(=O)(=O)c2ccccc2)o1. The normalized spacial score (nSPS) is 11.3. The van der Waals surface area contributed by atoms with Gasteiger partial charge in [-0.25, -0.2) is 12.8 Å². The van der Waals surface area contributed by atoms with Crippen LogP contribution in [0.15, 0.2) is 70.0 Å². The van der Waals surface area contributed by atoms with Crippen LogP contribution in [0.2, 0.25) is 5.02 Å². The standard InChI is InChI=1S/C18H13ClFNO4S/c19-15-10-12(20)6-8-16(15)21-18(22)17-9-7-13(25-17)11-26(23,24)14-4-2-1-3-5-14/h1-10H,11H2,(H,21,22). The number of amides is 1. The number of benzene rings is 2. The largest absolute Gasteiger partial charge is 0.455 e. The molecule has 1 aromatic heterocycles. The predicted octanol–water partition coefficient (Wildman–Crippen LogP) is 4.30. The molecule has 8 heteroatoms. The monoisotopic (exact) mass is 393 g/mol. The average molecular weight is 394 g/mol. The minimum Gasteiger partial charge on any atom is -0.455 e. The summed E-state index contributed by atoms with van der Waals surface area (Å²) in [7, 11) is -3.58. The van der Waals surface area contributed by atoms with Gasteiger partial charge in [-0.05, 0) is 42.5 Å². The van der Waals surface area contributed by atoms with E-state index in [1.165, 1.54) is 30.3 Å². The molecule has 0 fully saturated rings. The highest BCUT2D eigenvalue weighted by molar-refractivity contribution is 7.90. The lowest BCUT2D eigenvalue weighted by molar-refractivity contribution is 0.0995. The van der Waals surface area contributed by atoms with E-state index in [-0.39, 0.29) is 32.9 Å². The molecule has 3 rings (SSSR count). The molecule has 1 N–H and O–H groups in total. The molecule has 1 amide bonds. The van der Waals surface area contributed by atoms with Crippen LogP contribution >= 0.6 is 11.6 Å². The molecule has 2 aromatic carbocycles. The van der Waals surface area contributed by atoms with Crippen LogP contribution in [-0.2, 0) is 15.6 Å². The molecule has 1 heterocycles. The highest BCUT2D eigenvalue weighted by Gasteiger charge is 2.19. The summed E-state index contributed by atoms with van der Waals surface area (Å²) >= 11 is 5.86. The van der Waals surface area contributed by atoms with Crippen LogP contribution in [0.5, 0.6) is 0 Å². The quantitative estimate of drug-likeness (QED) is 0.701. The zero-order chi connectivity index (χ0) is 18.7. The number of sulfone groups is 1. The van der Waals surface area contributed by atoms with Gasteiger partial charge in [0, 0.05) is 0 Å². The Morgan fingerprint density at radius 3 is 2.50 bits per heavy atom. The van der Waals surface area contributed by atoms with E-state index in [2.05, 4.69) is 5.32 Å². The fourth-order valence-corrected chi connectivity index (χ4v) is 3.73. The number of hydrogen-bond acceptors (Lipinski definition) is 4. The molecular weight excluding hydrogens is 381 g/mol. The Balaban J connectivity index is 1.74. The topological polar surface area (TPSA) is 76.4 Å². The van der Waals surface area contributed by atoms with E-state index in [1.807, 2.05) is 0 Å². The van der Waals surface area contributed by atoms with E-state index in [4.69, 9.17) is 16.0 Å². The molecule has 5 nitrogen and oxygen atoms in total. The molecule has 0 unspecified atom stereocenters. The molecule has 0 saturated carbocycles. The summed E-state index contributed by atoms with van der Waals surface area (Å²) < 4.78 is 43.0. The third-order valence-electron chi connectivity index (χ3n) is 3.50. The van der Waals surface area contributed by atoms with Gasteiger partial charge in [0.1, 0.15) is 17.3 Å². The van der Waals surface area contributed by atoms with Crippen molar-refractivity contribution in [1.29, 1.82) is 0 Å². The summed E-state index contributed by atoms with van der Waals surface area (Å²) in [6.45, 7) is 0. The molecular formula is C18H13ClFNO4S. The minimum atomic E-state index is -3.58. The zero-order valence-electron chi connectivity index (χ0n) is 13.3. The van der Waals surface area contributed by atoms with Crippen molar-refractivity contribution in [3.05, 3.63) is 83.0 Å². The van der Waals surface area contributed by atoms with E-state index < -0.39 is 21.6 Å². The Kier molecular flexibility index (Phi) is 5.11. The van der Waals surface area contributed by atoms with Gasteiger partial charge in [-0.3, -0.25) is 4.79 Å². The van der Waals surface area contributed by atoms with Gasteiger partial charge in [-0.1, -0.05) is 29.8 Å². The molecule has 0 aliphatic carbocycles. The first-order valence-electron chi connectivity index (χ1n) is 7.48. The Morgan fingerprint density at radius 1 is 1.08 bits per heavy atom. The molecule has 3 aromatic rings. The van der Waals surface area contributed by atoms with Gasteiger partial charge >= 0.3 is 0 Å². The van der Waals surface area contributed by atoms with Gasteiger partial charge in [0.15, 0.2) is 15.6 Å². The highest BCUT2D eigenvalue weighted by Crippen LogP contribution is 2.24. The second kappa shape index (κ2) is 7.31. The van der Waals surface area contributed by atoms with Crippen molar-refractivity contribution in [2.75, 3.05) is 5.32 Å². The van der Waals surface area contributed by atoms with Crippen molar-refractivity contribution in [2.24, 2.45) is 0 Å². The fraction of sp³-hybridized carbons (Fsp3) is 0.0556. The maximum absolute atomic E-state index is 13.0. The van der Waals surface area contributed by atoms with Gasteiger partial charge in [0.05, 0.1) is 15.6 Å². The van der Waals surface area contributed by atoms with Crippen molar-refractivity contribution in [2.45, 2.75) is 10.6 Å². The molecule has 26 heavy (non-hydrogen) atoms. The molecule has 0 saturated heterocycles. The summed E-state index contributed by atoms with van der Waals surface area (Å²) in [5, 5.41) is 2.52. The Labute approximate surface area is 154 Å². The minimum absolute atomic E-state index is 0.0387. The van der Waals surface area contributed by atoms with Crippen molar-refractivity contribution in [1.82, 2.24) is 0 Å². The van der Waals surface area contributed by atoms with Crippen LogP contribution in [0, 0.1) is 5.82 Å². The Morgan fingerprint density at radius 2 is 1.81 bits per heavy atom. The predicted molar refractivity (Wildman–Crippen MR) is 95.4 cm³/mol. The lowest BCUT2D eigenvalue weighted by atomic mass is 10.3. The van der Waals surface area contributed by atoms with Gasteiger partial charge in [-0.15, -0.1) is 0 Å². The van der Waals surface area contributed by atoms with Crippen LogP contribution in [0.1, 0.15) is 16.3 Å². The summed E-state index contributed by atoms with van der Waals surface area (Å²) in [6.07, 6.45) is 0. The van der Waals surface area contributed by atoms with Crippen LogP contribution in [-0.4, -0.2) is 14.3 Å². The lowest BCUT2D eigenvalue weighted by Crippen LogP contribution is -2.11. The first-order valence-corrected chi connectivity index (χ1v) is 9.51. The van der Waals surface area contributed by atoms with Crippen LogP contribution in [0.25, 0.3) is 0 Å². The van der Waals surface area contributed by atoms with Gasteiger partial charge in [0.25, 0.3) is 5.91 Å². The lowest BCUT2D eigenvalue weighted by Gasteiger charge is -2.05. The first kappa shape index (κ1) is 18.2. The Hall–Kier alpha value is -2.64. The highest BCUT2D eigenvalue weighted by atomic mass is 35.5. The van der Waals surface area contributed by atoms with Crippen molar-refractivity contribution < 1.29 is 22.0 Å². The van der Waals surface area contributed by atoms with Gasteiger partial charge in [-0.2, -0.15) is 0 Å². The van der Waals surface area contributed by atoms with E-state index in [1.54, 1.807) is 18.2 Å². The summed E-state index contributed by atoms with van der Waals surface area (Å²) in [4.78, 5) is 12.4. The maximum atomic E-state index is 13.0. The van der Waals surface area contributed by atoms with Crippen LogP contribution in [0.3, 0.4) is 0 Å². The third kappa shape index (κ3) is 4.12. The van der Waals surface area contributed by atoms with Crippen LogP contribution in [0.4, 0.5) is 10.1 Å². The van der Waals surface area contributed by atoms with Gasteiger partial charge < -0.3 is 9.73 Å². The fourth-order valence-electron chi connectivity index (χ4n) is 2.25. The second-order valence-electron chi connectivity index (χ2n) is 5.42. The number of rotatable bonds is 5. The zero-order valence-corrected chi connectivity index (χ0v) is 14.9. The summed E-state index contributed by atoms with van der Waals surface area (Å²) in [6, 6.07) is 14.3. The summed E-state index contributed by atoms with van der Waals surface area (Å²) in [5.41, 5.74) is 0.216. The van der Waals surface area contributed by atoms with E-state index >= 15 is 0 Å². The van der Waals surface area contributed by atoms with Crippen molar-refractivity contribution >= 4 is 33.0 Å². The number of nitrogens with one attached hydrogen (secondary N) is 1. The molecule has 0 aliphatic heterocycles. The molecule has 0 atom stereocenters. The molecule has 0 aliphatic rings. The second-order valence-corrected chi connectivity index (χ2v) is 7.81. The third-order valence-corrected chi connectivity index (χ3v) is 5.47. The molecule has 0 bridgehead atoms. The van der Waals surface area contributed by atoms with Crippen molar-refractivity contribution in [3.63, 3.8) is 0 Å². The number of hydrogen-bond donors (Lipinski definition) is 1. The van der Waals surface area contributed by atoms with E-state index in [9.17, 15) is 17.6 Å². The molecule has 0 radical (unpaired) electrons. The summed E-state index contributed by atoms with van der Waals surface area (Å²) in [5.74, 6) is -1.48. The number of carbonyl (C=O) groups excluding carboxylic acids is 1. The van der Waals surface area contributed by atoms with E-state index in [0.717, 1.165) is 12.1 Å². The number of furan rings is 1. The average Bonchev–Trinajstić information content (AvgIpc) is 3.06. The van der Waals surface area contributed by atoms with E-state index in [0.29, 0.717) is 0 Å².